The zero-order valence-corrected chi connectivity index (χ0v) is 10.9. The lowest BCUT2D eigenvalue weighted by Gasteiger charge is -2.36. The second-order valence-electron chi connectivity index (χ2n) is 5.69. The van der Waals surface area contributed by atoms with Crippen molar-refractivity contribution < 1.29 is 0 Å². The maximum atomic E-state index is 8.83. The standard InChI is InChI=1S/C15H21N3/c1-15(10-11-16)8-6-14(7-9-15)18-13-4-2-12(17)3-5-13/h2-5,14,18H,6-10,17H2,1H3. The van der Waals surface area contributed by atoms with E-state index in [1.165, 1.54) is 0 Å². The second-order valence-corrected chi connectivity index (χ2v) is 5.69. The molecule has 0 unspecified atom stereocenters. The van der Waals surface area contributed by atoms with Gasteiger partial charge < -0.3 is 11.1 Å². The Labute approximate surface area is 109 Å². The minimum absolute atomic E-state index is 0.230. The van der Waals surface area contributed by atoms with E-state index < -0.39 is 0 Å². The van der Waals surface area contributed by atoms with Crippen LogP contribution in [0.5, 0.6) is 0 Å². The van der Waals surface area contributed by atoms with E-state index in [2.05, 4.69) is 18.3 Å². The van der Waals surface area contributed by atoms with Crippen LogP contribution in [0.3, 0.4) is 0 Å². The van der Waals surface area contributed by atoms with Gasteiger partial charge in [0.05, 0.1) is 6.07 Å². The fourth-order valence-corrected chi connectivity index (χ4v) is 2.64. The van der Waals surface area contributed by atoms with Crippen LogP contribution in [0.2, 0.25) is 0 Å². The van der Waals surface area contributed by atoms with Crippen molar-refractivity contribution in [1.29, 1.82) is 5.26 Å². The summed E-state index contributed by atoms with van der Waals surface area (Å²) >= 11 is 0. The maximum absolute atomic E-state index is 8.83. The van der Waals surface area contributed by atoms with E-state index in [0.29, 0.717) is 12.5 Å². The maximum Gasteiger partial charge on any atom is 0.0627 e. The minimum atomic E-state index is 0.230. The lowest BCUT2D eigenvalue weighted by Crippen LogP contribution is -2.31. The highest BCUT2D eigenvalue weighted by atomic mass is 14.9. The van der Waals surface area contributed by atoms with Crippen molar-refractivity contribution in [2.45, 2.75) is 45.1 Å². The number of hydrogen-bond donors (Lipinski definition) is 2. The summed E-state index contributed by atoms with van der Waals surface area (Å²) < 4.78 is 0. The SMILES string of the molecule is CC1(CC#N)CCC(Nc2ccc(N)cc2)CC1. The van der Waals surface area contributed by atoms with Crippen LogP contribution in [0.25, 0.3) is 0 Å². The molecule has 0 spiro atoms. The van der Waals surface area contributed by atoms with Gasteiger partial charge in [0, 0.05) is 23.8 Å². The first-order valence-corrected chi connectivity index (χ1v) is 6.60. The number of nitrogen functional groups attached to an aromatic ring is 1. The van der Waals surface area contributed by atoms with Crippen LogP contribution in [0, 0.1) is 16.7 Å². The Bertz CT molecular complexity index is 422. The van der Waals surface area contributed by atoms with Crippen LogP contribution in [0.4, 0.5) is 11.4 Å². The van der Waals surface area contributed by atoms with Crippen LogP contribution in [-0.4, -0.2) is 6.04 Å². The van der Waals surface area contributed by atoms with Crippen molar-refractivity contribution in [3.8, 4) is 6.07 Å². The largest absolute Gasteiger partial charge is 0.399 e. The molecule has 1 aliphatic rings. The Hall–Kier alpha value is -1.69. The molecule has 3 nitrogen and oxygen atoms in total. The van der Waals surface area contributed by atoms with Crippen molar-refractivity contribution >= 4 is 11.4 Å². The smallest absolute Gasteiger partial charge is 0.0627 e. The van der Waals surface area contributed by atoms with Gasteiger partial charge in [-0.1, -0.05) is 6.92 Å². The summed E-state index contributed by atoms with van der Waals surface area (Å²) in [6, 6.07) is 10.7. The first kappa shape index (κ1) is 12.8. The molecule has 0 aliphatic heterocycles. The molecule has 3 heteroatoms. The lowest BCUT2D eigenvalue weighted by molar-refractivity contribution is 0.211. The summed E-state index contributed by atoms with van der Waals surface area (Å²) in [6.07, 6.45) is 5.23. The number of hydrogen-bond acceptors (Lipinski definition) is 3. The Morgan fingerprint density at radius 2 is 1.94 bits per heavy atom. The summed E-state index contributed by atoms with van der Waals surface area (Å²) in [5.74, 6) is 0. The molecular weight excluding hydrogens is 222 g/mol. The molecule has 0 atom stereocenters. The number of benzene rings is 1. The molecule has 0 aromatic heterocycles. The highest BCUT2D eigenvalue weighted by Crippen LogP contribution is 2.39. The summed E-state index contributed by atoms with van der Waals surface area (Å²) in [6.45, 7) is 2.23. The van der Waals surface area contributed by atoms with Crippen LogP contribution >= 0.6 is 0 Å². The normalized spacial score (nSPS) is 27.4. The van der Waals surface area contributed by atoms with Crippen LogP contribution in [0.15, 0.2) is 24.3 Å². The molecule has 96 valence electrons. The van der Waals surface area contributed by atoms with Gasteiger partial charge in [-0.15, -0.1) is 0 Å². The van der Waals surface area contributed by atoms with Gasteiger partial charge in [-0.2, -0.15) is 5.26 Å². The number of nitrogens with two attached hydrogens (primary N) is 1. The summed E-state index contributed by atoms with van der Waals surface area (Å²) in [7, 11) is 0. The van der Waals surface area contributed by atoms with Gasteiger partial charge in [0.2, 0.25) is 0 Å². The Morgan fingerprint density at radius 1 is 1.33 bits per heavy atom. The Balaban J connectivity index is 1.87. The Morgan fingerprint density at radius 3 is 2.50 bits per heavy atom. The zero-order valence-electron chi connectivity index (χ0n) is 10.9. The fourth-order valence-electron chi connectivity index (χ4n) is 2.64. The number of nitriles is 1. The van der Waals surface area contributed by atoms with Crippen molar-refractivity contribution in [1.82, 2.24) is 0 Å². The molecule has 3 N–H and O–H groups in total. The molecule has 0 bridgehead atoms. The summed E-state index contributed by atoms with van der Waals surface area (Å²) in [4.78, 5) is 0. The van der Waals surface area contributed by atoms with Gasteiger partial charge in [-0.05, 0) is 55.4 Å². The van der Waals surface area contributed by atoms with E-state index in [9.17, 15) is 0 Å². The van der Waals surface area contributed by atoms with Gasteiger partial charge in [-0.3, -0.25) is 0 Å². The van der Waals surface area contributed by atoms with Gasteiger partial charge in [0.25, 0.3) is 0 Å². The second kappa shape index (κ2) is 5.30. The highest BCUT2D eigenvalue weighted by molar-refractivity contribution is 5.51. The first-order chi connectivity index (χ1) is 8.61. The van der Waals surface area contributed by atoms with Crippen LogP contribution in [-0.2, 0) is 0 Å². The van der Waals surface area contributed by atoms with Gasteiger partial charge >= 0.3 is 0 Å². The molecule has 18 heavy (non-hydrogen) atoms. The lowest BCUT2D eigenvalue weighted by atomic mass is 9.72. The summed E-state index contributed by atoms with van der Waals surface area (Å²) in [5.41, 5.74) is 7.83. The van der Waals surface area contributed by atoms with Crippen molar-refractivity contribution in [2.75, 3.05) is 11.1 Å². The van der Waals surface area contributed by atoms with Crippen LogP contribution in [0.1, 0.15) is 39.0 Å². The van der Waals surface area contributed by atoms with E-state index in [1.807, 2.05) is 24.3 Å². The van der Waals surface area contributed by atoms with Gasteiger partial charge in [-0.25, -0.2) is 0 Å². The fraction of sp³-hybridized carbons (Fsp3) is 0.533. The monoisotopic (exact) mass is 243 g/mol. The van der Waals surface area contributed by atoms with Gasteiger partial charge in [0.15, 0.2) is 0 Å². The zero-order chi connectivity index (χ0) is 13.0. The quantitative estimate of drug-likeness (QED) is 0.798. The number of nitrogens with zero attached hydrogens (tertiary/aromatic N) is 1. The molecule has 1 aromatic rings. The van der Waals surface area contributed by atoms with Gasteiger partial charge in [0.1, 0.15) is 0 Å². The molecule has 0 heterocycles. The van der Waals surface area contributed by atoms with E-state index in [4.69, 9.17) is 11.0 Å². The number of rotatable bonds is 3. The topological polar surface area (TPSA) is 61.8 Å². The predicted octanol–water partition coefficient (Wildman–Crippen LogP) is 3.54. The van der Waals surface area contributed by atoms with E-state index in [0.717, 1.165) is 37.1 Å². The van der Waals surface area contributed by atoms with Crippen molar-refractivity contribution in [2.24, 2.45) is 5.41 Å². The van der Waals surface area contributed by atoms with E-state index in [1.54, 1.807) is 0 Å². The molecular formula is C15H21N3. The number of anilines is 2. The molecule has 1 fully saturated rings. The third-order valence-electron chi connectivity index (χ3n) is 3.98. The average Bonchev–Trinajstić information content (AvgIpc) is 2.35. The summed E-state index contributed by atoms with van der Waals surface area (Å²) in [5, 5.41) is 12.4. The third kappa shape index (κ3) is 3.16. The first-order valence-electron chi connectivity index (χ1n) is 6.60. The third-order valence-corrected chi connectivity index (χ3v) is 3.98. The molecule has 2 rings (SSSR count). The molecule has 1 saturated carbocycles. The van der Waals surface area contributed by atoms with E-state index in [-0.39, 0.29) is 5.41 Å². The highest BCUT2D eigenvalue weighted by Gasteiger charge is 2.30. The van der Waals surface area contributed by atoms with Crippen molar-refractivity contribution in [3.63, 3.8) is 0 Å². The Kier molecular flexibility index (Phi) is 3.76. The minimum Gasteiger partial charge on any atom is -0.399 e. The average molecular weight is 243 g/mol. The van der Waals surface area contributed by atoms with Crippen molar-refractivity contribution in [3.05, 3.63) is 24.3 Å². The van der Waals surface area contributed by atoms with Crippen LogP contribution < -0.4 is 11.1 Å². The molecule has 0 saturated heterocycles. The predicted molar refractivity (Wildman–Crippen MR) is 75.1 cm³/mol. The number of nitrogens with one attached hydrogen (secondary N) is 1. The van der Waals surface area contributed by atoms with E-state index >= 15 is 0 Å². The molecule has 1 aliphatic carbocycles. The molecule has 0 radical (unpaired) electrons. The molecule has 0 amide bonds. The molecule has 1 aromatic carbocycles.